The molecule has 0 N–H and O–H groups in total. The average molecular weight is 377 g/mol. The van der Waals surface area contributed by atoms with E-state index in [0.29, 0.717) is 34.7 Å². The van der Waals surface area contributed by atoms with Crippen LogP contribution < -0.4 is 4.74 Å². The van der Waals surface area contributed by atoms with Gasteiger partial charge in [0, 0.05) is 0 Å². The van der Waals surface area contributed by atoms with Crippen LogP contribution in [0, 0.1) is 18.3 Å². The van der Waals surface area contributed by atoms with Gasteiger partial charge < -0.3 is 0 Å². The number of aromatic nitrogens is 1. The molecule has 120 valence electrons. The standard InChI is InChI=1S/C17H18N2O3Se/c1-4-8-22-14-7-6-12(9-13(14)10-18)16-19-11(3)15(23-16)17(20)21-5-2/h6-7,9H,4-5,8H2,1-3H3. The molecule has 0 bridgehead atoms. The topological polar surface area (TPSA) is 72.2 Å². The number of rotatable bonds is 6. The van der Waals surface area contributed by atoms with Gasteiger partial charge in [-0.25, -0.2) is 0 Å². The zero-order valence-electron chi connectivity index (χ0n) is 13.4. The van der Waals surface area contributed by atoms with E-state index in [1.165, 1.54) is 0 Å². The number of aryl methyl sites for hydroxylation is 1. The molecule has 0 saturated heterocycles. The van der Waals surface area contributed by atoms with Crippen molar-refractivity contribution in [2.24, 2.45) is 0 Å². The number of carbonyl (C=O) groups is 1. The molecule has 0 fully saturated rings. The fourth-order valence-electron chi connectivity index (χ4n) is 1.99. The van der Waals surface area contributed by atoms with Gasteiger partial charge >= 0.3 is 141 Å². The van der Waals surface area contributed by atoms with Gasteiger partial charge in [-0.15, -0.1) is 0 Å². The van der Waals surface area contributed by atoms with Crippen molar-refractivity contribution in [3.8, 4) is 22.0 Å². The predicted molar refractivity (Wildman–Crippen MR) is 87.8 cm³/mol. The van der Waals surface area contributed by atoms with Gasteiger partial charge in [-0.3, -0.25) is 0 Å². The summed E-state index contributed by atoms with van der Waals surface area (Å²) in [5, 5.41) is 9.30. The van der Waals surface area contributed by atoms with Crippen molar-refractivity contribution in [2.45, 2.75) is 27.2 Å². The third kappa shape index (κ3) is 4.01. The van der Waals surface area contributed by atoms with E-state index >= 15 is 0 Å². The Morgan fingerprint density at radius 1 is 1.39 bits per heavy atom. The molecule has 1 aromatic heterocycles. The van der Waals surface area contributed by atoms with E-state index in [1.807, 2.05) is 19.9 Å². The Bertz CT molecular complexity index is 747. The summed E-state index contributed by atoms with van der Waals surface area (Å²) >= 11 is -0.213. The van der Waals surface area contributed by atoms with E-state index in [9.17, 15) is 10.1 Å². The molecule has 2 rings (SSSR count). The summed E-state index contributed by atoms with van der Waals surface area (Å²) < 4.78 is 12.1. The van der Waals surface area contributed by atoms with Crippen LogP contribution >= 0.6 is 0 Å². The van der Waals surface area contributed by atoms with Crippen LogP contribution in [0.1, 0.15) is 40.8 Å². The summed E-state index contributed by atoms with van der Waals surface area (Å²) in [6.07, 6.45) is 0.883. The summed E-state index contributed by atoms with van der Waals surface area (Å²) in [6, 6.07) is 7.60. The van der Waals surface area contributed by atoms with E-state index in [4.69, 9.17) is 9.47 Å². The first kappa shape index (κ1) is 17.3. The third-order valence-corrected chi connectivity index (χ3v) is 5.56. The van der Waals surface area contributed by atoms with Crippen LogP contribution in [0.5, 0.6) is 5.75 Å². The molecule has 0 aliphatic carbocycles. The van der Waals surface area contributed by atoms with Crippen molar-refractivity contribution in [3.05, 3.63) is 33.9 Å². The summed E-state index contributed by atoms with van der Waals surface area (Å²) in [5.41, 5.74) is 2.03. The van der Waals surface area contributed by atoms with Crippen molar-refractivity contribution >= 4 is 20.5 Å². The Morgan fingerprint density at radius 2 is 2.17 bits per heavy atom. The molecule has 1 aromatic carbocycles. The van der Waals surface area contributed by atoms with E-state index in [2.05, 4.69) is 11.1 Å². The number of carbonyl (C=O) groups excluding carboxylic acids is 1. The van der Waals surface area contributed by atoms with Crippen LogP contribution in [0.4, 0.5) is 0 Å². The number of nitrogens with zero attached hydrogens (tertiary/aromatic N) is 2. The van der Waals surface area contributed by atoms with Crippen LogP contribution in [-0.2, 0) is 4.74 Å². The Morgan fingerprint density at radius 3 is 2.83 bits per heavy atom. The molecule has 0 atom stereocenters. The molecule has 0 spiro atoms. The van der Waals surface area contributed by atoms with E-state index in [-0.39, 0.29) is 20.5 Å². The molecule has 6 heteroatoms. The van der Waals surface area contributed by atoms with Crippen molar-refractivity contribution in [1.29, 1.82) is 5.26 Å². The molecule has 0 saturated carbocycles. The van der Waals surface area contributed by atoms with E-state index in [0.717, 1.165) is 16.6 Å². The molecule has 0 radical (unpaired) electrons. The Hall–Kier alpha value is -2.09. The molecule has 0 amide bonds. The number of ether oxygens (including phenoxy) is 2. The van der Waals surface area contributed by atoms with Gasteiger partial charge in [0.2, 0.25) is 0 Å². The fourth-order valence-corrected chi connectivity index (χ4v) is 4.00. The van der Waals surface area contributed by atoms with Crippen molar-refractivity contribution in [1.82, 2.24) is 4.98 Å². The van der Waals surface area contributed by atoms with Gasteiger partial charge in [0.1, 0.15) is 0 Å². The first-order valence-corrected chi connectivity index (χ1v) is 9.13. The summed E-state index contributed by atoms with van der Waals surface area (Å²) in [4.78, 5) is 16.4. The number of esters is 1. The monoisotopic (exact) mass is 378 g/mol. The van der Waals surface area contributed by atoms with Crippen LogP contribution in [0.25, 0.3) is 10.1 Å². The SMILES string of the molecule is CCCOc1ccc(-c2nc(C)c(C(=O)OCC)[se]2)cc1C#N. The number of hydrogen-bond donors (Lipinski definition) is 0. The maximum atomic E-state index is 11.9. The molecular formula is C17H18N2O3Se. The van der Waals surface area contributed by atoms with E-state index in [1.54, 1.807) is 19.1 Å². The van der Waals surface area contributed by atoms with Gasteiger partial charge in [-0.1, -0.05) is 0 Å². The van der Waals surface area contributed by atoms with Crippen LogP contribution in [0.2, 0.25) is 0 Å². The Balaban J connectivity index is 2.34. The second-order valence-corrected chi connectivity index (χ2v) is 6.92. The molecule has 0 aliphatic heterocycles. The minimum absolute atomic E-state index is 0.213. The fraction of sp³-hybridized carbons (Fsp3) is 0.353. The molecule has 0 aliphatic rings. The normalized spacial score (nSPS) is 10.2. The van der Waals surface area contributed by atoms with Gasteiger partial charge in [-0.2, -0.15) is 0 Å². The Labute approximate surface area is 141 Å². The van der Waals surface area contributed by atoms with Crippen LogP contribution in [0.3, 0.4) is 0 Å². The first-order chi connectivity index (χ1) is 11.1. The molecule has 5 nitrogen and oxygen atoms in total. The van der Waals surface area contributed by atoms with Gasteiger partial charge in [0.25, 0.3) is 0 Å². The summed E-state index contributed by atoms with van der Waals surface area (Å²) in [6.45, 7) is 6.54. The molecule has 0 unspecified atom stereocenters. The zero-order valence-corrected chi connectivity index (χ0v) is 15.1. The van der Waals surface area contributed by atoms with Gasteiger partial charge in [-0.05, 0) is 0 Å². The predicted octanol–water partition coefficient (Wildman–Crippen LogP) is 2.95. The Kier molecular flexibility index (Phi) is 5.97. The quantitative estimate of drug-likeness (QED) is 0.572. The second-order valence-electron chi connectivity index (χ2n) is 4.83. The number of nitriles is 1. The molecule has 1 heterocycles. The number of benzene rings is 1. The minimum atomic E-state index is -0.299. The summed E-state index contributed by atoms with van der Waals surface area (Å²) in [5.74, 6) is 0.284. The first-order valence-electron chi connectivity index (χ1n) is 7.42. The second kappa shape index (κ2) is 7.96. The van der Waals surface area contributed by atoms with Crippen molar-refractivity contribution in [3.63, 3.8) is 0 Å². The van der Waals surface area contributed by atoms with Crippen LogP contribution in [-0.4, -0.2) is 38.7 Å². The molecule has 23 heavy (non-hydrogen) atoms. The maximum absolute atomic E-state index is 11.9. The zero-order chi connectivity index (χ0) is 16.8. The molecule has 2 aromatic rings. The van der Waals surface area contributed by atoms with Crippen molar-refractivity contribution in [2.75, 3.05) is 13.2 Å². The van der Waals surface area contributed by atoms with Gasteiger partial charge in [0.15, 0.2) is 0 Å². The summed E-state index contributed by atoms with van der Waals surface area (Å²) in [7, 11) is 0. The average Bonchev–Trinajstić information content (AvgIpc) is 2.95. The van der Waals surface area contributed by atoms with Crippen LogP contribution in [0.15, 0.2) is 18.2 Å². The van der Waals surface area contributed by atoms with Crippen molar-refractivity contribution < 1.29 is 14.3 Å². The number of hydrogen-bond acceptors (Lipinski definition) is 5. The molecular weight excluding hydrogens is 359 g/mol. The third-order valence-electron chi connectivity index (χ3n) is 3.07. The van der Waals surface area contributed by atoms with E-state index < -0.39 is 0 Å². The van der Waals surface area contributed by atoms with Gasteiger partial charge in [0.05, 0.1) is 0 Å².